The molecule has 44 heavy (non-hydrogen) atoms. The molecule has 0 spiro atoms. The van der Waals surface area contributed by atoms with E-state index in [0.29, 0.717) is 30.3 Å². The number of aliphatic carboxylic acids is 2. The number of carboxylic acid groups (broad SMARTS) is 2. The molecule has 2 aliphatic heterocycles. The summed E-state index contributed by atoms with van der Waals surface area (Å²) in [6.45, 7) is 2.55. The number of rotatable bonds is 11. The Hall–Kier alpha value is -4.95. The quantitative estimate of drug-likeness (QED) is 0.326. The van der Waals surface area contributed by atoms with Crippen LogP contribution in [0.3, 0.4) is 0 Å². The Labute approximate surface area is 252 Å². The molecule has 2 aromatic rings. The molecule has 2 atom stereocenters. The van der Waals surface area contributed by atoms with E-state index in [2.05, 4.69) is 10.3 Å². The van der Waals surface area contributed by atoms with Crippen LogP contribution >= 0.6 is 0 Å². The van der Waals surface area contributed by atoms with Crippen molar-refractivity contribution >= 4 is 46.7 Å². The lowest BCUT2D eigenvalue weighted by Crippen LogP contribution is -2.56. The van der Waals surface area contributed by atoms with Crippen LogP contribution in [0.1, 0.15) is 43.1 Å². The van der Waals surface area contributed by atoms with E-state index >= 15 is 0 Å². The van der Waals surface area contributed by atoms with E-state index in [1.54, 1.807) is 31.2 Å². The third-order valence-electron chi connectivity index (χ3n) is 7.49. The van der Waals surface area contributed by atoms with E-state index in [9.17, 15) is 39.0 Å². The largest absolute Gasteiger partial charge is 0.483 e. The number of carbonyl (C=O) groups is 6. The van der Waals surface area contributed by atoms with Crippen molar-refractivity contribution in [2.45, 2.75) is 44.7 Å². The maximum Gasteiger partial charge on any atom is 0.409 e. The first-order valence-corrected chi connectivity index (χ1v) is 14.4. The fourth-order valence-electron chi connectivity index (χ4n) is 5.23. The SMILES string of the molecule is CCOC(=O)N1CCN(C(=O)C(CCC(=O)O)NC(=O)c2cc(OCC(=O)N3CCCC3C(=O)O)c3ccccc3n2)CC1. The molecule has 1 aromatic heterocycles. The summed E-state index contributed by atoms with van der Waals surface area (Å²) in [4.78, 5) is 83.0. The van der Waals surface area contributed by atoms with Gasteiger partial charge >= 0.3 is 18.0 Å². The van der Waals surface area contributed by atoms with Gasteiger partial charge in [-0.1, -0.05) is 12.1 Å². The van der Waals surface area contributed by atoms with Crippen molar-refractivity contribution in [1.82, 2.24) is 25.0 Å². The van der Waals surface area contributed by atoms with Crippen LogP contribution in [0.5, 0.6) is 5.75 Å². The molecule has 4 amide bonds. The third-order valence-corrected chi connectivity index (χ3v) is 7.49. The number of nitrogens with zero attached hydrogens (tertiary/aromatic N) is 4. The van der Waals surface area contributed by atoms with Gasteiger partial charge in [0, 0.05) is 50.6 Å². The monoisotopic (exact) mass is 613 g/mol. The first-order valence-electron chi connectivity index (χ1n) is 14.4. The predicted octanol–water partition coefficient (Wildman–Crippen LogP) is 0.953. The number of pyridine rings is 1. The summed E-state index contributed by atoms with van der Waals surface area (Å²) in [6, 6.07) is 5.96. The van der Waals surface area contributed by atoms with Crippen LogP contribution in [-0.4, -0.2) is 124 Å². The molecule has 0 bridgehead atoms. The number of carbonyl (C=O) groups excluding carboxylic acids is 4. The van der Waals surface area contributed by atoms with E-state index in [1.807, 2.05) is 0 Å². The number of para-hydroxylation sites is 1. The highest BCUT2D eigenvalue weighted by atomic mass is 16.6. The van der Waals surface area contributed by atoms with Gasteiger partial charge in [0.15, 0.2) is 6.61 Å². The Bertz CT molecular complexity index is 1420. The fourth-order valence-corrected chi connectivity index (χ4v) is 5.23. The van der Waals surface area contributed by atoms with Gasteiger partial charge < -0.3 is 39.7 Å². The standard InChI is InChI=1S/C29H35N5O10/c1-2-43-29(42)33-14-12-32(13-15-33)27(39)20(9-10-25(36)37)31-26(38)21-16-23(18-6-3-4-7-19(18)30-21)44-17-24(35)34-11-5-8-22(34)28(40)41/h3-4,6-7,16,20,22H,2,5,8-15,17H2,1H3,(H,31,38)(H,36,37)(H,40,41). The molecule has 2 unspecified atom stereocenters. The van der Waals surface area contributed by atoms with Gasteiger partial charge in [-0.2, -0.15) is 0 Å². The summed E-state index contributed by atoms with van der Waals surface area (Å²) in [6.07, 6.45) is -0.126. The van der Waals surface area contributed by atoms with Gasteiger partial charge in [0.05, 0.1) is 12.1 Å². The van der Waals surface area contributed by atoms with Gasteiger partial charge in [0.1, 0.15) is 23.5 Å². The van der Waals surface area contributed by atoms with Crippen molar-refractivity contribution in [1.29, 1.82) is 0 Å². The lowest BCUT2D eigenvalue weighted by molar-refractivity contribution is -0.148. The number of piperazine rings is 1. The normalized spacial score (nSPS) is 17.2. The molecular formula is C29H35N5O10. The van der Waals surface area contributed by atoms with E-state index in [-0.39, 0.29) is 57.1 Å². The zero-order valence-electron chi connectivity index (χ0n) is 24.3. The minimum atomic E-state index is -1.19. The Balaban J connectivity index is 1.49. The molecule has 15 nitrogen and oxygen atoms in total. The minimum Gasteiger partial charge on any atom is -0.483 e. The molecule has 3 N–H and O–H groups in total. The van der Waals surface area contributed by atoms with E-state index in [0.717, 1.165) is 0 Å². The number of aromatic nitrogens is 1. The highest BCUT2D eigenvalue weighted by Gasteiger charge is 2.34. The molecule has 0 saturated carbocycles. The van der Waals surface area contributed by atoms with Crippen molar-refractivity contribution < 1.29 is 48.5 Å². The zero-order chi connectivity index (χ0) is 31.8. The van der Waals surface area contributed by atoms with Crippen molar-refractivity contribution in [3.8, 4) is 5.75 Å². The number of nitrogens with one attached hydrogen (secondary N) is 1. The Morgan fingerprint density at radius 1 is 1.02 bits per heavy atom. The smallest absolute Gasteiger partial charge is 0.409 e. The minimum absolute atomic E-state index is 0.129. The number of benzene rings is 1. The number of hydrogen-bond donors (Lipinski definition) is 3. The molecule has 3 heterocycles. The van der Waals surface area contributed by atoms with Gasteiger partial charge in [-0.25, -0.2) is 14.6 Å². The van der Waals surface area contributed by atoms with Crippen LogP contribution in [0.4, 0.5) is 4.79 Å². The summed E-state index contributed by atoms with van der Waals surface area (Å²) in [5, 5.41) is 21.8. The van der Waals surface area contributed by atoms with Gasteiger partial charge in [-0.05, 0) is 38.3 Å². The van der Waals surface area contributed by atoms with Crippen molar-refractivity contribution in [2.24, 2.45) is 0 Å². The van der Waals surface area contributed by atoms with E-state index < -0.39 is 54.4 Å². The molecule has 1 aromatic carbocycles. The predicted molar refractivity (Wildman–Crippen MR) is 153 cm³/mol. The topological polar surface area (TPSA) is 196 Å². The average Bonchev–Trinajstić information content (AvgIpc) is 3.52. The van der Waals surface area contributed by atoms with Gasteiger partial charge in [0.2, 0.25) is 5.91 Å². The number of ether oxygens (including phenoxy) is 2. The summed E-state index contributed by atoms with van der Waals surface area (Å²) < 4.78 is 10.8. The lowest BCUT2D eigenvalue weighted by atomic mass is 10.1. The Morgan fingerprint density at radius 3 is 2.41 bits per heavy atom. The van der Waals surface area contributed by atoms with Gasteiger partial charge in [0.25, 0.3) is 11.8 Å². The van der Waals surface area contributed by atoms with Crippen LogP contribution in [0.25, 0.3) is 10.9 Å². The molecule has 15 heteroatoms. The zero-order valence-corrected chi connectivity index (χ0v) is 24.3. The van der Waals surface area contributed by atoms with E-state index in [4.69, 9.17) is 9.47 Å². The molecule has 0 radical (unpaired) electrons. The van der Waals surface area contributed by atoms with Crippen molar-refractivity contribution in [3.63, 3.8) is 0 Å². The first kappa shape index (κ1) is 32.0. The molecule has 2 fully saturated rings. The molecule has 0 aliphatic carbocycles. The Morgan fingerprint density at radius 2 is 1.73 bits per heavy atom. The first-order chi connectivity index (χ1) is 21.1. The lowest BCUT2D eigenvalue weighted by Gasteiger charge is -2.35. The molecule has 236 valence electrons. The van der Waals surface area contributed by atoms with Crippen LogP contribution in [0, 0.1) is 0 Å². The highest BCUT2D eigenvalue weighted by Crippen LogP contribution is 2.26. The maximum atomic E-state index is 13.4. The summed E-state index contributed by atoms with van der Waals surface area (Å²) in [5.41, 5.74) is 0.242. The van der Waals surface area contributed by atoms with E-state index in [1.165, 1.54) is 20.8 Å². The molecule has 4 rings (SSSR count). The second kappa shape index (κ2) is 14.5. The second-order valence-electron chi connectivity index (χ2n) is 10.4. The second-order valence-corrected chi connectivity index (χ2v) is 10.4. The van der Waals surface area contributed by atoms with Crippen LogP contribution in [-0.2, 0) is 23.9 Å². The van der Waals surface area contributed by atoms with Crippen molar-refractivity contribution in [2.75, 3.05) is 45.9 Å². The van der Waals surface area contributed by atoms with Crippen LogP contribution in [0.2, 0.25) is 0 Å². The molecule has 2 aliphatic rings. The molecule has 2 saturated heterocycles. The Kier molecular flexibility index (Phi) is 10.5. The van der Waals surface area contributed by atoms with Crippen LogP contribution in [0.15, 0.2) is 30.3 Å². The van der Waals surface area contributed by atoms with Gasteiger partial charge in [-0.3, -0.25) is 19.2 Å². The fraction of sp³-hybridized carbons (Fsp3) is 0.483. The summed E-state index contributed by atoms with van der Waals surface area (Å²) >= 11 is 0. The number of likely N-dealkylation sites (tertiary alicyclic amines) is 1. The molecular weight excluding hydrogens is 578 g/mol. The highest BCUT2D eigenvalue weighted by molar-refractivity contribution is 5.99. The van der Waals surface area contributed by atoms with Gasteiger partial charge in [-0.15, -0.1) is 0 Å². The average molecular weight is 614 g/mol. The summed E-state index contributed by atoms with van der Waals surface area (Å²) in [7, 11) is 0. The third kappa shape index (κ3) is 7.71. The maximum absolute atomic E-state index is 13.4. The summed E-state index contributed by atoms with van der Waals surface area (Å²) in [5.74, 6) is -3.84. The number of carboxylic acids is 2. The number of amides is 4. The van der Waals surface area contributed by atoms with Crippen LogP contribution < -0.4 is 10.1 Å². The number of fused-ring (bicyclic) bond motifs is 1. The van der Waals surface area contributed by atoms with Crippen molar-refractivity contribution in [3.05, 3.63) is 36.0 Å². The number of hydrogen-bond acceptors (Lipinski definition) is 9.